The topological polar surface area (TPSA) is 56.8 Å². The lowest BCUT2D eigenvalue weighted by Crippen LogP contribution is -2.42. The molecule has 0 spiro atoms. The van der Waals surface area contributed by atoms with Gasteiger partial charge in [0.2, 0.25) is 0 Å². The van der Waals surface area contributed by atoms with Crippen LogP contribution in [0.1, 0.15) is 36.4 Å². The summed E-state index contributed by atoms with van der Waals surface area (Å²) < 4.78 is 1.17. The van der Waals surface area contributed by atoms with Gasteiger partial charge in [0.25, 0.3) is 5.91 Å². The van der Waals surface area contributed by atoms with Crippen LogP contribution in [0.5, 0.6) is 0 Å². The third-order valence-corrected chi connectivity index (χ3v) is 7.18. The Hall–Kier alpha value is -2.77. The van der Waals surface area contributed by atoms with Crippen molar-refractivity contribution in [1.29, 1.82) is 0 Å². The van der Waals surface area contributed by atoms with Gasteiger partial charge in [-0.2, -0.15) is 0 Å². The van der Waals surface area contributed by atoms with Crippen LogP contribution < -0.4 is 4.90 Å². The van der Waals surface area contributed by atoms with Crippen LogP contribution >= 0.6 is 11.3 Å². The van der Waals surface area contributed by atoms with Crippen LogP contribution in [0.3, 0.4) is 0 Å². The normalized spacial score (nSPS) is 22.6. The molecule has 0 radical (unpaired) electrons. The highest BCUT2D eigenvalue weighted by atomic mass is 32.1. The number of aryl methyl sites for hydroxylation is 1. The van der Waals surface area contributed by atoms with Gasteiger partial charge in [-0.3, -0.25) is 14.6 Å². The van der Waals surface area contributed by atoms with E-state index < -0.39 is 6.04 Å². The summed E-state index contributed by atoms with van der Waals surface area (Å²) in [5, 5.41) is 1.07. The molecule has 0 unspecified atom stereocenters. The first kappa shape index (κ1) is 19.2. The Kier molecular flexibility index (Phi) is 4.79. The molecule has 5 rings (SSSR count). The zero-order chi connectivity index (χ0) is 20.8. The highest BCUT2D eigenvalue weighted by molar-refractivity contribution is 7.18. The molecule has 0 saturated carbocycles. The number of hydrogen-bond donors (Lipinski definition) is 0. The number of rotatable bonds is 4. The Bertz CT molecular complexity index is 1080. The SMILES string of the molecule is Cc1ccc(N2C(=O)N(CN3CCC[C@H]3c3nc4ccccc4s3)C(=O)[C@@H]2C)cc1. The number of anilines is 1. The molecule has 0 bridgehead atoms. The number of urea groups is 1. The van der Waals surface area contributed by atoms with E-state index in [4.69, 9.17) is 4.98 Å². The van der Waals surface area contributed by atoms with Gasteiger partial charge < -0.3 is 0 Å². The number of carbonyl (C=O) groups is 2. The van der Waals surface area contributed by atoms with E-state index in [-0.39, 0.29) is 18.0 Å². The minimum absolute atomic E-state index is 0.143. The predicted octanol–water partition coefficient (Wildman–Crippen LogP) is 4.56. The molecule has 3 aromatic rings. The van der Waals surface area contributed by atoms with Crippen molar-refractivity contribution in [3.8, 4) is 0 Å². The van der Waals surface area contributed by atoms with Crippen molar-refractivity contribution in [2.24, 2.45) is 0 Å². The molecular weight excluding hydrogens is 396 g/mol. The first-order valence-corrected chi connectivity index (χ1v) is 11.2. The first-order chi connectivity index (χ1) is 14.5. The Balaban J connectivity index is 1.38. The fraction of sp³-hybridized carbons (Fsp3) is 0.348. The second-order valence-electron chi connectivity index (χ2n) is 8.06. The largest absolute Gasteiger partial charge is 0.333 e. The standard InChI is InChI=1S/C23H24N4O2S/c1-15-9-11-17(12-10-15)27-16(2)22(28)26(23(27)29)14-25-13-5-7-19(25)21-24-18-6-3-4-8-20(18)30-21/h3-4,6,8-12,16,19H,5,7,13-14H2,1-2H3/t16-,19-/m0/s1. The molecule has 1 aromatic heterocycles. The number of thiazole rings is 1. The maximum atomic E-state index is 13.2. The average molecular weight is 421 g/mol. The Morgan fingerprint density at radius 2 is 1.87 bits per heavy atom. The summed E-state index contributed by atoms with van der Waals surface area (Å²) in [5.41, 5.74) is 2.90. The molecular formula is C23H24N4O2S. The van der Waals surface area contributed by atoms with Crippen molar-refractivity contribution in [2.45, 2.75) is 38.8 Å². The van der Waals surface area contributed by atoms with E-state index >= 15 is 0 Å². The molecule has 30 heavy (non-hydrogen) atoms. The summed E-state index contributed by atoms with van der Waals surface area (Å²) in [6, 6.07) is 15.3. The average Bonchev–Trinajstić information content (AvgIpc) is 3.43. The minimum atomic E-state index is -0.497. The number of para-hydroxylation sites is 1. The van der Waals surface area contributed by atoms with Gasteiger partial charge in [-0.15, -0.1) is 11.3 Å². The summed E-state index contributed by atoms with van der Waals surface area (Å²) in [6.07, 6.45) is 2.03. The third-order valence-electron chi connectivity index (χ3n) is 6.04. The molecule has 2 aliphatic rings. The summed E-state index contributed by atoms with van der Waals surface area (Å²) in [4.78, 5) is 36.2. The van der Waals surface area contributed by atoms with E-state index in [9.17, 15) is 9.59 Å². The van der Waals surface area contributed by atoms with Crippen molar-refractivity contribution >= 4 is 39.2 Å². The van der Waals surface area contributed by atoms with E-state index in [0.717, 1.165) is 41.2 Å². The molecule has 7 heteroatoms. The Morgan fingerprint density at radius 1 is 1.10 bits per heavy atom. The van der Waals surface area contributed by atoms with Gasteiger partial charge in [0, 0.05) is 12.2 Å². The van der Waals surface area contributed by atoms with Crippen LogP contribution in [0.25, 0.3) is 10.2 Å². The fourth-order valence-electron chi connectivity index (χ4n) is 4.38. The van der Waals surface area contributed by atoms with Crippen molar-refractivity contribution in [1.82, 2.24) is 14.8 Å². The van der Waals surface area contributed by atoms with Crippen LogP contribution in [-0.4, -0.2) is 46.0 Å². The van der Waals surface area contributed by atoms with Crippen LogP contribution in [-0.2, 0) is 4.79 Å². The van der Waals surface area contributed by atoms with Crippen molar-refractivity contribution in [2.75, 3.05) is 18.1 Å². The highest BCUT2D eigenvalue weighted by Gasteiger charge is 2.45. The van der Waals surface area contributed by atoms with Crippen molar-refractivity contribution < 1.29 is 9.59 Å². The van der Waals surface area contributed by atoms with Crippen LogP contribution in [0.2, 0.25) is 0 Å². The maximum Gasteiger partial charge on any atom is 0.333 e. The lowest BCUT2D eigenvalue weighted by Gasteiger charge is -2.27. The molecule has 2 atom stereocenters. The molecule has 2 aromatic carbocycles. The number of nitrogens with zero attached hydrogens (tertiary/aromatic N) is 4. The number of benzene rings is 2. The van der Waals surface area contributed by atoms with Crippen molar-refractivity contribution in [3.05, 3.63) is 59.1 Å². The van der Waals surface area contributed by atoms with E-state index in [1.807, 2.05) is 49.4 Å². The van der Waals surface area contributed by atoms with E-state index in [1.165, 1.54) is 9.60 Å². The molecule has 2 aliphatic heterocycles. The predicted molar refractivity (Wildman–Crippen MR) is 119 cm³/mol. The van der Waals surface area contributed by atoms with Gasteiger partial charge in [0.05, 0.1) is 22.9 Å². The maximum absolute atomic E-state index is 13.2. The summed E-state index contributed by atoms with van der Waals surface area (Å²) >= 11 is 1.71. The highest BCUT2D eigenvalue weighted by Crippen LogP contribution is 2.37. The van der Waals surface area contributed by atoms with Gasteiger partial charge >= 0.3 is 6.03 Å². The molecule has 3 heterocycles. The number of likely N-dealkylation sites (tertiary alicyclic amines) is 1. The first-order valence-electron chi connectivity index (χ1n) is 10.3. The molecule has 2 saturated heterocycles. The molecule has 2 fully saturated rings. The van der Waals surface area contributed by atoms with Crippen molar-refractivity contribution in [3.63, 3.8) is 0 Å². The number of fused-ring (bicyclic) bond motifs is 1. The number of aromatic nitrogens is 1. The quantitative estimate of drug-likeness (QED) is 0.581. The zero-order valence-electron chi connectivity index (χ0n) is 17.1. The lowest BCUT2D eigenvalue weighted by molar-refractivity contribution is -0.128. The summed E-state index contributed by atoms with van der Waals surface area (Å²) in [5.74, 6) is -0.143. The van der Waals surface area contributed by atoms with Gasteiger partial charge in [-0.25, -0.2) is 14.7 Å². The zero-order valence-corrected chi connectivity index (χ0v) is 17.9. The molecule has 6 nitrogen and oxygen atoms in total. The smallest absolute Gasteiger partial charge is 0.282 e. The molecule has 154 valence electrons. The van der Waals surface area contributed by atoms with Gasteiger partial charge in [0.1, 0.15) is 11.0 Å². The fourth-order valence-corrected chi connectivity index (χ4v) is 5.52. The second kappa shape index (κ2) is 7.49. The van der Waals surface area contributed by atoms with Crippen LogP contribution in [0.4, 0.5) is 10.5 Å². The van der Waals surface area contributed by atoms with Crippen LogP contribution in [0.15, 0.2) is 48.5 Å². The number of imide groups is 1. The second-order valence-corrected chi connectivity index (χ2v) is 9.12. The number of carbonyl (C=O) groups excluding carboxylic acids is 2. The van der Waals surface area contributed by atoms with E-state index in [2.05, 4.69) is 11.0 Å². The van der Waals surface area contributed by atoms with E-state index in [1.54, 1.807) is 23.2 Å². The number of amides is 3. The summed E-state index contributed by atoms with van der Waals surface area (Å²) in [6.45, 7) is 4.97. The van der Waals surface area contributed by atoms with Crippen LogP contribution in [0, 0.1) is 6.92 Å². The Morgan fingerprint density at radius 3 is 2.63 bits per heavy atom. The third kappa shape index (κ3) is 3.18. The number of hydrogen-bond acceptors (Lipinski definition) is 5. The lowest BCUT2D eigenvalue weighted by atomic mass is 10.2. The van der Waals surface area contributed by atoms with Gasteiger partial charge in [-0.05, 0) is 51.0 Å². The monoisotopic (exact) mass is 420 g/mol. The van der Waals surface area contributed by atoms with E-state index in [0.29, 0.717) is 6.67 Å². The summed E-state index contributed by atoms with van der Waals surface area (Å²) in [7, 11) is 0. The van der Waals surface area contributed by atoms with Gasteiger partial charge in [-0.1, -0.05) is 29.8 Å². The molecule has 3 amide bonds. The molecule has 0 aliphatic carbocycles. The molecule has 0 N–H and O–H groups in total. The van der Waals surface area contributed by atoms with Gasteiger partial charge in [0.15, 0.2) is 0 Å². The minimum Gasteiger partial charge on any atom is -0.282 e. The Labute approximate surface area is 179 Å².